The molecule has 2 aliphatic heterocycles. The van der Waals surface area contributed by atoms with E-state index in [0.717, 1.165) is 5.69 Å². The number of rotatable bonds is 2. The zero-order chi connectivity index (χ0) is 19.0. The number of benzene rings is 2. The van der Waals surface area contributed by atoms with Gasteiger partial charge in [0, 0.05) is 23.0 Å². The van der Waals surface area contributed by atoms with Gasteiger partial charge in [0.1, 0.15) is 5.82 Å². The third-order valence-corrected chi connectivity index (χ3v) is 6.17. The summed E-state index contributed by atoms with van der Waals surface area (Å²) in [4.78, 5) is 16.5. The van der Waals surface area contributed by atoms with Crippen LogP contribution in [-0.4, -0.2) is 23.4 Å². The topological polar surface area (TPSA) is 47.3 Å². The number of fused-ring (bicyclic) bond motifs is 1. The molecule has 0 radical (unpaired) electrons. The van der Waals surface area contributed by atoms with Gasteiger partial charge in [-0.1, -0.05) is 41.6 Å². The molecule has 2 aliphatic rings. The van der Waals surface area contributed by atoms with E-state index in [2.05, 4.69) is 6.07 Å². The summed E-state index contributed by atoms with van der Waals surface area (Å²) in [6.45, 7) is 0.359. The minimum absolute atomic E-state index is 0.0857. The second-order valence-corrected chi connectivity index (χ2v) is 7.73. The predicted octanol–water partition coefficient (Wildman–Crippen LogP) is 4.70. The normalized spacial score (nSPS) is 19.7. The van der Waals surface area contributed by atoms with Gasteiger partial charge < -0.3 is 4.90 Å². The summed E-state index contributed by atoms with van der Waals surface area (Å²) >= 11 is 7.37. The van der Waals surface area contributed by atoms with E-state index in [9.17, 15) is 14.4 Å². The van der Waals surface area contributed by atoms with E-state index in [1.54, 1.807) is 35.2 Å². The van der Waals surface area contributed by atoms with Crippen molar-refractivity contribution in [3.63, 3.8) is 0 Å². The van der Waals surface area contributed by atoms with Gasteiger partial charge in [0.15, 0.2) is 0 Å². The molecule has 1 amide bonds. The van der Waals surface area contributed by atoms with Crippen LogP contribution in [0.2, 0.25) is 5.02 Å². The van der Waals surface area contributed by atoms with E-state index in [0.29, 0.717) is 33.7 Å². The molecule has 2 aromatic carbocycles. The van der Waals surface area contributed by atoms with Gasteiger partial charge in [-0.2, -0.15) is 5.26 Å². The third kappa shape index (κ3) is 3.29. The number of nitriles is 1. The molecule has 136 valence electrons. The Labute approximate surface area is 165 Å². The molecule has 27 heavy (non-hydrogen) atoms. The lowest BCUT2D eigenvalue weighted by Gasteiger charge is -2.42. The van der Waals surface area contributed by atoms with Gasteiger partial charge >= 0.3 is 0 Å². The quantitative estimate of drug-likeness (QED) is 0.734. The summed E-state index contributed by atoms with van der Waals surface area (Å²) in [5, 5.41) is 11.0. The van der Waals surface area contributed by atoms with Crippen LogP contribution in [0.5, 0.6) is 0 Å². The average Bonchev–Trinajstić information content (AvgIpc) is 2.69. The van der Waals surface area contributed by atoms with E-state index < -0.39 is 5.92 Å². The summed E-state index contributed by atoms with van der Waals surface area (Å²) in [5.74, 6) is -0.440. The highest BCUT2D eigenvalue weighted by atomic mass is 35.5. The fourth-order valence-corrected chi connectivity index (χ4v) is 4.69. The van der Waals surface area contributed by atoms with E-state index in [1.165, 1.54) is 17.8 Å². The maximum Gasteiger partial charge on any atom is 0.229 e. The molecule has 4 rings (SSSR count). The zero-order valence-corrected chi connectivity index (χ0v) is 15.8. The van der Waals surface area contributed by atoms with Crippen LogP contribution in [0.4, 0.5) is 10.1 Å². The van der Waals surface area contributed by atoms with Gasteiger partial charge in [0.25, 0.3) is 0 Å². The van der Waals surface area contributed by atoms with Gasteiger partial charge in [-0.05, 0) is 35.9 Å². The molecule has 0 N–H and O–H groups in total. The first-order valence-electron chi connectivity index (χ1n) is 8.41. The molecule has 0 unspecified atom stereocenters. The maximum absolute atomic E-state index is 14.3. The molecule has 0 spiro atoms. The highest BCUT2D eigenvalue weighted by Gasteiger charge is 2.39. The van der Waals surface area contributed by atoms with Crippen molar-refractivity contribution in [1.29, 1.82) is 5.26 Å². The van der Waals surface area contributed by atoms with Crippen molar-refractivity contribution in [3.05, 3.63) is 75.5 Å². The molecule has 7 heteroatoms. The molecule has 1 saturated heterocycles. The van der Waals surface area contributed by atoms with Crippen molar-refractivity contribution >= 4 is 35.0 Å². The number of halogens is 2. The van der Waals surface area contributed by atoms with Crippen LogP contribution in [0.1, 0.15) is 17.9 Å². The van der Waals surface area contributed by atoms with Crippen molar-refractivity contribution in [2.45, 2.75) is 12.3 Å². The Morgan fingerprint density at radius 3 is 2.63 bits per heavy atom. The molecule has 0 saturated carbocycles. The average molecular weight is 400 g/mol. The predicted molar refractivity (Wildman–Crippen MR) is 104 cm³/mol. The lowest BCUT2D eigenvalue weighted by Crippen LogP contribution is -2.47. The third-order valence-electron chi connectivity index (χ3n) is 4.77. The summed E-state index contributed by atoms with van der Waals surface area (Å²) in [6.07, 6.45) is 0.0857. The van der Waals surface area contributed by atoms with Crippen LogP contribution in [0, 0.1) is 17.1 Å². The molecule has 0 bridgehead atoms. The monoisotopic (exact) mass is 399 g/mol. The minimum atomic E-state index is -0.537. The Hall–Kier alpha value is -2.49. The lowest BCUT2D eigenvalue weighted by atomic mass is 9.86. The smallest absolute Gasteiger partial charge is 0.229 e. The SMILES string of the molecule is N#CC1=C2SCN(c3ccc(Cl)cc3)CN2C(=O)C[C@H]1c1ccccc1F. The Bertz CT molecular complexity index is 970. The fraction of sp³-hybridized carbons (Fsp3) is 0.200. The summed E-state index contributed by atoms with van der Waals surface area (Å²) in [7, 11) is 0. The number of hydrogen-bond acceptors (Lipinski definition) is 4. The molecular weight excluding hydrogens is 385 g/mol. The van der Waals surface area contributed by atoms with Crippen LogP contribution in [0.3, 0.4) is 0 Å². The van der Waals surface area contributed by atoms with E-state index >= 15 is 0 Å². The van der Waals surface area contributed by atoms with Crippen LogP contribution < -0.4 is 4.90 Å². The number of nitrogens with zero attached hydrogens (tertiary/aromatic N) is 3. The number of anilines is 1. The standard InChI is InChI=1S/C20H15ClFN3OS/c21-13-5-7-14(8-6-13)24-11-25-19(26)9-16(15-3-1-2-4-18(15)22)17(10-23)20(25)27-12-24/h1-8,16H,9,11-12H2/t16-/m0/s1. The second kappa shape index (κ2) is 7.26. The van der Waals surface area contributed by atoms with Crippen molar-refractivity contribution in [1.82, 2.24) is 4.90 Å². The molecule has 0 aliphatic carbocycles. The van der Waals surface area contributed by atoms with Crippen molar-refractivity contribution in [2.75, 3.05) is 17.4 Å². The van der Waals surface area contributed by atoms with Crippen LogP contribution in [0.25, 0.3) is 0 Å². The van der Waals surface area contributed by atoms with Crippen LogP contribution in [-0.2, 0) is 4.79 Å². The van der Waals surface area contributed by atoms with Gasteiger partial charge in [-0.25, -0.2) is 4.39 Å². The fourth-order valence-electron chi connectivity index (χ4n) is 3.40. The van der Waals surface area contributed by atoms with Crippen molar-refractivity contribution < 1.29 is 9.18 Å². The number of carbonyl (C=O) groups excluding carboxylic acids is 1. The van der Waals surface area contributed by atoms with Gasteiger partial charge in [0.2, 0.25) is 5.91 Å². The zero-order valence-electron chi connectivity index (χ0n) is 14.2. The maximum atomic E-state index is 14.3. The highest BCUT2D eigenvalue weighted by Crippen LogP contribution is 2.43. The Morgan fingerprint density at radius 2 is 1.93 bits per heavy atom. The summed E-state index contributed by atoms with van der Waals surface area (Å²) in [6, 6.07) is 16.0. The minimum Gasteiger partial charge on any atom is -0.344 e. The van der Waals surface area contributed by atoms with E-state index in [-0.39, 0.29) is 18.1 Å². The first kappa shape index (κ1) is 17.9. The molecule has 1 fully saturated rings. The van der Waals surface area contributed by atoms with Crippen molar-refractivity contribution in [3.8, 4) is 6.07 Å². The Balaban J connectivity index is 1.68. The Kier molecular flexibility index (Phi) is 4.81. The Morgan fingerprint density at radius 1 is 1.19 bits per heavy atom. The number of amides is 1. The summed E-state index contributed by atoms with van der Waals surface area (Å²) < 4.78 is 14.3. The molecular formula is C20H15ClFN3OS. The van der Waals surface area contributed by atoms with Crippen LogP contribution in [0.15, 0.2) is 59.1 Å². The second-order valence-electron chi connectivity index (χ2n) is 6.36. The van der Waals surface area contributed by atoms with Crippen LogP contribution >= 0.6 is 23.4 Å². The number of allylic oxidation sites excluding steroid dienone is 1. The first-order valence-corrected chi connectivity index (χ1v) is 9.77. The highest BCUT2D eigenvalue weighted by molar-refractivity contribution is 8.03. The molecule has 2 aromatic rings. The number of hydrogen-bond donors (Lipinski definition) is 0. The van der Waals surface area contributed by atoms with E-state index in [4.69, 9.17) is 11.6 Å². The number of thioether (sulfide) groups is 1. The molecule has 2 heterocycles. The summed E-state index contributed by atoms with van der Waals surface area (Å²) in [5.41, 5.74) is 1.81. The van der Waals surface area contributed by atoms with Gasteiger partial charge in [-0.3, -0.25) is 9.69 Å². The lowest BCUT2D eigenvalue weighted by molar-refractivity contribution is -0.129. The molecule has 0 aromatic heterocycles. The molecule has 1 atom stereocenters. The van der Waals surface area contributed by atoms with Gasteiger partial charge in [-0.15, -0.1) is 0 Å². The van der Waals surface area contributed by atoms with Gasteiger partial charge in [0.05, 0.1) is 29.2 Å². The molecule has 4 nitrogen and oxygen atoms in total. The van der Waals surface area contributed by atoms with E-state index in [1.807, 2.05) is 17.0 Å². The first-order chi connectivity index (χ1) is 13.1. The largest absolute Gasteiger partial charge is 0.344 e. The van der Waals surface area contributed by atoms with Crippen molar-refractivity contribution in [2.24, 2.45) is 0 Å². The number of carbonyl (C=O) groups is 1.